The van der Waals surface area contributed by atoms with Crippen molar-refractivity contribution in [1.82, 2.24) is 0 Å². The van der Waals surface area contributed by atoms with Crippen LogP contribution < -0.4 is 4.74 Å². The highest BCUT2D eigenvalue weighted by Crippen LogP contribution is 2.28. The summed E-state index contributed by atoms with van der Waals surface area (Å²) >= 11 is 1.04. The standard InChI is InChI=1S/C12H10O5S2/c1-19(15,16)10-4-2-3-8(5-10)17-9-6-11(12(13)14)18-7-9/h2-7H,1H3,(H,13,14). The minimum absolute atomic E-state index is 0.152. The Morgan fingerprint density at radius 3 is 2.58 bits per heavy atom. The topological polar surface area (TPSA) is 80.7 Å². The van der Waals surface area contributed by atoms with Gasteiger partial charge in [0, 0.05) is 17.7 Å². The van der Waals surface area contributed by atoms with E-state index in [4.69, 9.17) is 9.84 Å². The normalized spacial score (nSPS) is 11.2. The summed E-state index contributed by atoms with van der Waals surface area (Å²) in [6, 6.07) is 7.43. The van der Waals surface area contributed by atoms with Gasteiger partial charge in [-0.2, -0.15) is 0 Å². The van der Waals surface area contributed by atoms with Crippen LogP contribution in [0.25, 0.3) is 0 Å². The third-order valence-electron chi connectivity index (χ3n) is 2.26. The number of hydrogen-bond donors (Lipinski definition) is 1. The third kappa shape index (κ3) is 3.33. The lowest BCUT2D eigenvalue weighted by Gasteiger charge is -2.04. The van der Waals surface area contributed by atoms with Crippen molar-refractivity contribution in [2.45, 2.75) is 4.90 Å². The minimum Gasteiger partial charge on any atom is -0.477 e. The molecule has 0 aliphatic heterocycles. The molecule has 1 aromatic heterocycles. The van der Waals surface area contributed by atoms with E-state index < -0.39 is 15.8 Å². The molecule has 0 amide bonds. The van der Waals surface area contributed by atoms with E-state index in [9.17, 15) is 13.2 Å². The molecular formula is C12H10O5S2. The molecule has 100 valence electrons. The molecular weight excluding hydrogens is 288 g/mol. The third-order valence-corrected chi connectivity index (χ3v) is 4.26. The number of ether oxygens (including phenoxy) is 1. The molecule has 2 aromatic rings. The van der Waals surface area contributed by atoms with E-state index in [0.717, 1.165) is 17.6 Å². The molecule has 0 radical (unpaired) electrons. The van der Waals surface area contributed by atoms with Crippen LogP contribution in [0.4, 0.5) is 0 Å². The van der Waals surface area contributed by atoms with Crippen LogP contribution in [0.1, 0.15) is 9.67 Å². The van der Waals surface area contributed by atoms with Crippen LogP contribution in [0.5, 0.6) is 11.5 Å². The van der Waals surface area contributed by atoms with E-state index in [-0.39, 0.29) is 9.77 Å². The van der Waals surface area contributed by atoms with Crippen molar-refractivity contribution in [3.05, 3.63) is 40.6 Å². The van der Waals surface area contributed by atoms with Gasteiger partial charge in [-0.1, -0.05) is 6.07 Å². The number of hydrogen-bond acceptors (Lipinski definition) is 5. The number of carbonyl (C=O) groups is 1. The number of sulfone groups is 1. The first-order valence-electron chi connectivity index (χ1n) is 5.16. The van der Waals surface area contributed by atoms with E-state index >= 15 is 0 Å². The van der Waals surface area contributed by atoms with Crippen molar-refractivity contribution >= 4 is 27.1 Å². The summed E-state index contributed by atoms with van der Waals surface area (Å²) in [5, 5.41) is 10.3. The molecule has 0 atom stereocenters. The zero-order valence-corrected chi connectivity index (χ0v) is 11.5. The number of benzene rings is 1. The van der Waals surface area contributed by atoms with Gasteiger partial charge in [0.1, 0.15) is 16.4 Å². The molecule has 0 bridgehead atoms. The van der Waals surface area contributed by atoms with Crippen molar-refractivity contribution in [1.29, 1.82) is 0 Å². The van der Waals surface area contributed by atoms with E-state index in [1.54, 1.807) is 17.5 Å². The molecule has 0 aliphatic carbocycles. The summed E-state index contributed by atoms with van der Waals surface area (Å²) in [7, 11) is -3.30. The number of thiophene rings is 1. The smallest absolute Gasteiger partial charge is 0.346 e. The number of aromatic carboxylic acids is 1. The molecule has 7 heteroatoms. The van der Waals surface area contributed by atoms with Gasteiger partial charge in [0.2, 0.25) is 0 Å². The Bertz CT molecular complexity index is 715. The number of carboxylic acid groups (broad SMARTS) is 1. The Hall–Kier alpha value is -1.86. The monoisotopic (exact) mass is 298 g/mol. The van der Waals surface area contributed by atoms with Crippen LogP contribution >= 0.6 is 11.3 Å². The van der Waals surface area contributed by atoms with Crippen molar-refractivity contribution in [2.24, 2.45) is 0 Å². The Labute approximate surface area is 114 Å². The molecule has 0 spiro atoms. The largest absolute Gasteiger partial charge is 0.477 e. The van der Waals surface area contributed by atoms with Crippen LogP contribution in [0, 0.1) is 0 Å². The highest BCUT2D eigenvalue weighted by molar-refractivity contribution is 7.90. The highest BCUT2D eigenvalue weighted by Gasteiger charge is 2.10. The first kappa shape index (κ1) is 13.6. The molecule has 1 aromatic carbocycles. The predicted molar refractivity (Wildman–Crippen MR) is 70.9 cm³/mol. The quantitative estimate of drug-likeness (QED) is 0.938. The van der Waals surface area contributed by atoms with E-state index in [1.165, 1.54) is 18.2 Å². The van der Waals surface area contributed by atoms with E-state index in [1.807, 2.05) is 0 Å². The lowest BCUT2D eigenvalue weighted by Crippen LogP contribution is -1.96. The van der Waals surface area contributed by atoms with Gasteiger partial charge in [0.25, 0.3) is 0 Å². The summed E-state index contributed by atoms with van der Waals surface area (Å²) in [5.74, 6) is -0.310. The van der Waals surface area contributed by atoms with Crippen LogP contribution in [0.3, 0.4) is 0 Å². The summed E-state index contributed by atoms with van der Waals surface area (Å²) in [6.45, 7) is 0. The first-order chi connectivity index (χ1) is 8.86. The van der Waals surface area contributed by atoms with Gasteiger partial charge in [-0.05, 0) is 18.2 Å². The molecule has 0 saturated heterocycles. The summed E-state index contributed by atoms with van der Waals surface area (Å²) in [5.41, 5.74) is 0. The van der Waals surface area contributed by atoms with Crippen molar-refractivity contribution in [2.75, 3.05) is 6.26 Å². The fraction of sp³-hybridized carbons (Fsp3) is 0.0833. The van der Waals surface area contributed by atoms with Crippen molar-refractivity contribution in [3.8, 4) is 11.5 Å². The van der Waals surface area contributed by atoms with Crippen LogP contribution in [0.15, 0.2) is 40.6 Å². The van der Waals surface area contributed by atoms with Gasteiger partial charge in [-0.15, -0.1) is 11.3 Å². The van der Waals surface area contributed by atoms with Gasteiger partial charge in [-0.25, -0.2) is 13.2 Å². The summed E-state index contributed by atoms with van der Waals surface area (Å²) in [4.78, 5) is 11.0. The second kappa shape index (κ2) is 5.02. The van der Waals surface area contributed by atoms with Crippen molar-refractivity contribution in [3.63, 3.8) is 0 Å². The maximum Gasteiger partial charge on any atom is 0.346 e. The Kier molecular flexibility index (Phi) is 3.59. The highest BCUT2D eigenvalue weighted by atomic mass is 32.2. The fourth-order valence-electron chi connectivity index (χ4n) is 1.39. The number of carboxylic acids is 1. The maximum atomic E-state index is 11.4. The molecule has 19 heavy (non-hydrogen) atoms. The van der Waals surface area contributed by atoms with Crippen LogP contribution in [0.2, 0.25) is 0 Å². The molecule has 1 heterocycles. The van der Waals surface area contributed by atoms with Crippen LogP contribution in [-0.2, 0) is 9.84 Å². The molecule has 0 aliphatic rings. The zero-order chi connectivity index (χ0) is 14.0. The molecule has 1 N–H and O–H groups in total. The number of rotatable bonds is 4. The Balaban J connectivity index is 2.26. The predicted octanol–water partition coefficient (Wildman–Crippen LogP) is 2.64. The van der Waals surface area contributed by atoms with E-state index in [0.29, 0.717) is 11.5 Å². The Morgan fingerprint density at radius 2 is 2.00 bits per heavy atom. The zero-order valence-electron chi connectivity index (χ0n) is 9.86. The van der Waals surface area contributed by atoms with Crippen LogP contribution in [-0.4, -0.2) is 25.7 Å². The van der Waals surface area contributed by atoms with Gasteiger partial charge in [0.05, 0.1) is 4.90 Å². The fourth-order valence-corrected chi connectivity index (χ4v) is 2.69. The first-order valence-corrected chi connectivity index (χ1v) is 7.93. The molecule has 0 unspecified atom stereocenters. The summed E-state index contributed by atoms with van der Waals surface area (Å²) in [6.07, 6.45) is 1.11. The Morgan fingerprint density at radius 1 is 1.26 bits per heavy atom. The van der Waals surface area contributed by atoms with Crippen molar-refractivity contribution < 1.29 is 23.1 Å². The van der Waals surface area contributed by atoms with Gasteiger partial charge < -0.3 is 9.84 Å². The van der Waals surface area contributed by atoms with Gasteiger partial charge in [0.15, 0.2) is 9.84 Å². The second-order valence-corrected chi connectivity index (χ2v) is 6.73. The molecule has 0 fully saturated rings. The average molecular weight is 298 g/mol. The average Bonchev–Trinajstić information content (AvgIpc) is 2.77. The molecule has 2 rings (SSSR count). The molecule has 0 saturated carbocycles. The molecule has 5 nitrogen and oxygen atoms in total. The maximum absolute atomic E-state index is 11.4. The second-order valence-electron chi connectivity index (χ2n) is 3.80. The van der Waals surface area contributed by atoms with E-state index in [2.05, 4.69) is 0 Å². The SMILES string of the molecule is CS(=O)(=O)c1cccc(Oc2csc(C(=O)O)c2)c1. The van der Waals surface area contributed by atoms with Gasteiger partial charge in [-0.3, -0.25) is 0 Å². The lowest BCUT2D eigenvalue weighted by molar-refractivity contribution is 0.0702. The lowest BCUT2D eigenvalue weighted by atomic mass is 10.3. The minimum atomic E-state index is -3.30. The van der Waals surface area contributed by atoms with Gasteiger partial charge >= 0.3 is 5.97 Å². The summed E-state index contributed by atoms with van der Waals surface area (Å²) < 4.78 is 28.2.